The standard InChI is InChI=1S/C26H35FN4O6/c1-7-13-36-23(20-14-19(27)9-10-22(20)35-6)16-30-15-21(18(5)29-37-8-2)25(33)31(26(30)34)12-11-28-24(32)17(3)4/h7,9-10,14-15,17,23H,1,8,11-13,16H2,2-6H3,(H,28,32)/b29-18+. The number of aromatic nitrogens is 2. The molecular formula is C26H35FN4O6. The minimum atomic E-state index is -0.815. The third kappa shape index (κ3) is 7.88. The summed E-state index contributed by atoms with van der Waals surface area (Å²) in [6.45, 7) is 10.8. The predicted molar refractivity (Wildman–Crippen MR) is 138 cm³/mol. The fourth-order valence-corrected chi connectivity index (χ4v) is 3.50. The van der Waals surface area contributed by atoms with Gasteiger partial charge in [-0.05, 0) is 32.0 Å². The number of amides is 1. The summed E-state index contributed by atoms with van der Waals surface area (Å²) in [4.78, 5) is 43.7. The molecule has 0 aliphatic carbocycles. The van der Waals surface area contributed by atoms with Gasteiger partial charge in [0.1, 0.15) is 24.3 Å². The largest absolute Gasteiger partial charge is 0.496 e. The average Bonchev–Trinajstić information content (AvgIpc) is 2.87. The van der Waals surface area contributed by atoms with Gasteiger partial charge in [-0.25, -0.2) is 9.18 Å². The predicted octanol–water partition coefficient (Wildman–Crippen LogP) is 2.63. The van der Waals surface area contributed by atoms with Crippen LogP contribution in [0.1, 0.15) is 44.9 Å². The van der Waals surface area contributed by atoms with Gasteiger partial charge in [-0.3, -0.25) is 18.7 Å². The summed E-state index contributed by atoms with van der Waals surface area (Å²) < 4.78 is 27.7. The van der Waals surface area contributed by atoms with Crippen molar-refractivity contribution in [3.05, 3.63) is 74.8 Å². The van der Waals surface area contributed by atoms with Gasteiger partial charge in [-0.2, -0.15) is 0 Å². The molecule has 0 aliphatic rings. The molecule has 0 fully saturated rings. The van der Waals surface area contributed by atoms with Crippen LogP contribution in [-0.4, -0.2) is 47.6 Å². The van der Waals surface area contributed by atoms with E-state index < -0.39 is 23.2 Å². The van der Waals surface area contributed by atoms with Gasteiger partial charge < -0.3 is 19.6 Å². The molecule has 11 heteroatoms. The molecule has 37 heavy (non-hydrogen) atoms. The highest BCUT2D eigenvalue weighted by Gasteiger charge is 2.22. The lowest BCUT2D eigenvalue weighted by Gasteiger charge is -2.22. The highest BCUT2D eigenvalue weighted by molar-refractivity contribution is 5.97. The Bertz CT molecular complexity index is 1230. The molecule has 1 aromatic carbocycles. The van der Waals surface area contributed by atoms with Crippen LogP contribution >= 0.6 is 0 Å². The van der Waals surface area contributed by atoms with Crippen molar-refractivity contribution in [3.63, 3.8) is 0 Å². The quantitative estimate of drug-likeness (QED) is 0.234. The van der Waals surface area contributed by atoms with E-state index in [1.165, 1.54) is 42.1 Å². The van der Waals surface area contributed by atoms with E-state index in [0.717, 1.165) is 4.57 Å². The van der Waals surface area contributed by atoms with Crippen molar-refractivity contribution < 1.29 is 23.5 Å². The van der Waals surface area contributed by atoms with E-state index in [4.69, 9.17) is 14.3 Å². The third-order valence-electron chi connectivity index (χ3n) is 5.43. The van der Waals surface area contributed by atoms with Gasteiger partial charge in [0.05, 0.1) is 31.5 Å². The fraction of sp³-hybridized carbons (Fsp3) is 0.462. The molecule has 1 heterocycles. The molecule has 1 amide bonds. The van der Waals surface area contributed by atoms with Crippen LogP contribution in [0.5, 0.6) is 5.75 Å². The maximum atomic E-state index is 14.1. The molecule has 1 unspecified atom stereocenters. The van der Waals surface area contributed by atoms with Crippen LogP contribution in [-0.2, 0) is 27.5 Å². The zero-order valence-electron chi connectivity index (χ0n) is 22.0. The smallest absolute Gasteiger partial charge is 0.331 e. The summed E-state index contributed by atoms with van der Waals surface area (Å²) in [6.07, 6.45) is 2.09. The Labute approximate surface area is 215 Å². The summed E-state index contributed by atoms with van der Waals surface area (Å²) in [5.74, 6) is -0.567. The van der Waals surface area contributed by atoms with Crippen LogP contribution in [0.3, 0.4) is 0 Å². The van der Waals surface area contributed by atoms with Crippen molar-refractivity contribution in [1.29, 1.82) is 0 Å². The van der Waals surface area contributed by atoms with Crippen LogP contribution in [0, 0.1) is 11.7 Å². The zero-order valence-corrected chi connectivity index (χ0v) is 22.0. The Morgan fingerprint density at radius 3 is 2.65 bits per heavy atom. The highest BCUT2D eigenvalue weighted by atomic mass is 19.1. The number of carbonyl (C=O) groups is 1. The number of ether oxygens (including phenoxy) is 2. The molecule has 202 valence electrons. The summed E-state index contributed by atoms with van der Waals surface area (Å²) in [6, 6.07) is 4.01. The minimum Gasteiger partial charge on any atom is -0.496 e. The molecule has 0 spiro atoms. The van der Waals surface area contributed by atoms with Crippen molar-refractivity contribution >= 4 is 11.6 Å². The number of hydrogen-bond acceptors (Lipinski definition) is 7. The van der Waals surface area contributed by atoms with E-state index in [9.17, 15) is 18.8 Å². The number of halogens is 1. The Balaban J connectivity index is 2.60. The Kier molecular flexibility index (Phi) is 11.3. The molecule has 1 N–H and O–H groups in total. The SMILES string of the molecule is C=CCOC(Cn1cc(/C(C)=N/OCC)c(=O)n(CCNC(=O)C(C)C)c1=O)c1cc(F)ccc1OC. The van der Waals surface area contributed by atoms with Crippen molar-refractivity contribution in [1.82, 2.24) is 14.5 Å². The molecule has 2 rings (SSSR count). The first-order valence-electron chi connectivity index (χ1n) is 12.0. The van der Waals surface area contributed by atoms with E-state index in [-0.39, 0.29) is 49.3 Å². The van der Waals surface area contributed by atoms with Gasteiger partial charge in [0, 0.05) is 30.8 Å². The van der Waals surface area contributed by atoms with Crippen LogP contribution in [0.2, 0.25) is 0 Å². The number of methoxy groups -OCH3 is 1. The number of carbonyl (C=O) groups excluding carboxylic acids is 1. The number of oxime groups is 1. The lowest BCUT2D eigenvalue weighted by atomic mass is 10.1. The minimum absolute atomic E-state index is 0.0622. The fourth-order valence-electron chi connectivity index (χ4n) is 3.50. The summed E-state index contributed by atoms with van der Waals surface area (Å²) >= 11 is 0. The van der Waals surface area contributed by atoms with Crippen molar-refractivity contribution in [2.45, 2.75) is 46.9 Å². The average molecular weight is 519 g/mol. The topological polar surface area (TPSA) is 113 Å². The first kappa shape index (κ1) is 29.5. The number of hydrogen-bond donors (Lipinski definition) is 1. The molecule has 0 radical (unpaired) electrons. The van der Waals surface area contributed by atoms with Crippen molar-refractivity contribution in [2.75, 3.05) is 26.9 Å². The second kappa shape index (κ2) is 14.1. The Morgan fingerprint density at radius 2 is 2.03 bits per heavy atom. The van der Waals surface area contributed by atoms with E-state index in [0.29, 0.717) is 17.9 Å². The highest BCUT2D eigenvalue weighted by Crippen LogP contribution is 2.29. The summed E-state index contributed by atoms with van der Waals surface area (Å²) in [7, 11) is 1.45. The molecule has 2 aromatic rings. The molecule has 1 atom stereocenters. The second-order valence-corrected chi connectivity index (χ2v) is 8.47. The van der Waals surface area contributed by atoms with Crippen LogP contribution in [0.25, 0.3) is 0 Å². The van der Waals surface area contributed by atoms with Gasteiger partial charge in [0.15, 0.2) is 0 Å². The lowest BCUT2D eigenvalue weighted by Crippen LogP contribution is -2.45. The number of nitrogens with one attached hydrogen (secondary N) is 1. The van der Waals surface area contributed by atoms with Gasteiger partial charge in [0.25, 0.3) is 5.56 Å². The van der Waals surface area contributed by atoms with E-state index >= 15 is 0 Å². The van der Waals surface area contributed by atoms with E-state index in [1.54, 1.807) is 27.7 Å². The molecule has 1 aromatic heterocycles. The maximum absolute atomic E-state index is 14.1. The molecule has 0 saturated heterocycles. The molecule has 0 saturated carbocycles. The van der Waals surface area contributed by atoms with Crippen molar-refractivity contribution in [2.24, 2.45) is 11.1 Å². The van der Waals surface area contributed by atoms with Crippen LogP contribution in [0.4, 0.5) is 4.39 Å². The first-order chi connectivity index (χ1) is 17.6. The normalized spacial score (nSPS) is 12.4. The van der Waals surface area contributed by atoms with Gasteiger partial charge in [-0.1, -0.05) is 25.1 Å². The van der Waals surface area contributed by atoms with Gasteiger partial charge in [0.2, 0.25) is 5.91 Å². The monoisotopic (exact) mass is 518 g/mol. The third-order valence-corrected chi connectivity index (χ3v) is 5.43. The molecule has 0 bridgehead atoms. The first-order valence-corrected chi connectivity index (χ1v) is 12.0. The molecule has 0 aliphatic heterocycles. The summed E-state index contributed by atoms with van der Waals surface area (Å²) in [5, 5.41) is 6.65. The zero-order chi connectivity index (χ0) is 27.5. The summed E-state index contributed by atoms with van der Waals surface area (Å²) in [5.41, 5.74) is -0.406. The Hall–Kier alpha value is -3.73. The van der Waals surface area contributed by atoms with Gasteiger partial charge in [-0.15, -0.1) is 6.58 Å². The van der Waals surface area contributed by atoms with Crippen LogP contribution in [0.15, 0.2) is 51.8 Å². The lowest BCUT2D eigenvalue weighted by molar-refractivity contribution is -0.124. The molecule has 10 nitrogen and oxygen atoms in total. The van der Waals surface area contributed by atoms with Crippen molar-refractivity contribution in [3.8, 4) is 5.75 Å². The van der Waals surface area contributed by atoms with Gasteiger partial charge >= 0.3 is 5.69 Å². The number of benzene rings is 1. The number of nitrogens with zero attached hydrogens (tertiary/aromatic N) is 3. The maximum Gasteiger partial charge on any atom is 0.331 e. The van der Waals surface area contributed by atoms with Crippen LogP contribution < -0.4 is 21.3 Å². The second-order valence-electron chi connectivity index (χ2n) is 8.47. The van der Waals surface area contributed by atoms with E-state index in [1.807, 2.05) is 0 Å². The van der Waals surface area contributed by atoms with E-state index in [2.05, 4.69) is 17.1 Å². The Morgan fingerprint density at radius 1 is 1.30 bits per heavy atom. The molecular weight excluding hydrogens is 483 g/mol. The number of rotatable bonds is 14.